The lowest BCUT2D eigenvalue weighted by Crippen LogP contribution is -2.40. The van der Waals surface area contributed by atoms with E-state index < -0.39 is 28.1 Å². The highest BCUT2D eigenvalue weighted by molar-refractivity contribution is 6.34. The zero-order valence-electron chi connectivity index (χ0n) is 13.0. The van der Waals surface area contributed by atoms with Crippen molar-refractivity contribution in [2.75, 3.05) is 14.2 Å². The molecule has 0 fully saturated rings. The first-order valence-corrected chi connectivity index (χ1v) is 7.25. The van der Waals surface area contributed by atoms with Crippen LogP contribution in [-0.4, -0.2) is 42.3 Å². The Balaban J connectivity index is 3.06. The van der Waals surface area contributed by atoms with E-state index in [0.717, 1.165) is 0 Å². The number of rotatable bonds is 3. The first-order valence-electron chi connectivity index (χ1n) is 6.44. The van der Waals surface area contributed by atoms with Crippen molar-refractivity contribution in [3.05, 3.63) is 23.4 Å². The van der Waals surface area contributed by atoms with Crippen LogP contribution < -0.4 is 5.32 Å². The average Bonchev–Trinajstić information content (AvgIpc) is 2.39. The van der Waals surface area contributed by atoms with Gasteiger partial charge in [-0.05, 0) is 32.9 Å². The number of hydrogen-bond acceptors (Lipinski definition) is 5. The average molecular weight is 352 g/mol. The van der Waals surface area contributed by atoms with Gasteiger partial charge in [0.2, 0.25) is 0 Å². The molecule has 0 aromatic carbocycles. The molecule has 124 valence electrons. The minimum atomic E-state index is -1.41. The number of alkyl halides is 2. The summed E-state index contributed by atoms with van der Waals surface area (Å²) in [4.78, 5) is 23.7. The molecule has 0 aromatic heterocycles. The summed E-state index contributed by atoms with van der Waals surface area (Å²) in [6.07, 6.45) is 1.97. The lowest BCUT2D eigenvalue weighted by Gasteiger charge is -2.31. The maximum absolute atomic E-state index is 11.9. The zero-order valence-corrected chi connectivity index (χ0v) is 14.5. The third-order valence-electron chi connectivity index (χ3n) is 2.67. The molecule has 0 bridgehead atoms. The van der Waals surface area contributed by atoms with Crippen molar-refractivity contribution in [2.24, 2.45) is 0 Å². The van der Waals surface area contributed by atoms with Gasteiger partial charge in [0.15, 0.2) is 5.06 Å². The van der Waals surface area contributed by atoms with Crippen LogP contribution in [0.3, 0.4) is 0 Å². The van der Waals surface area contributed by atoms with Crippen molar-refractivity contribution in [3.63, 3.8) is 0 Å². The van der Waals surface area contributed by atoms with Crippen LogP contribution in [0.4, 0.5) is 4.79 Å². The Morgan fingerprint density at radius 2 is 1.91 bits per heavy atom. The predicted octanol–water partition coefficient (Wildman–Crippen LogP) is 2.70. The van der Waals surface area contributed by atoms with Crippen LogP contribution in [0.2, 0.25) is 0 Å². The van der Waals surface area contributed by atoms with Gasteiger partial charge in [-0.25, -0.2) is 9.59 Å². The third kappa shape index (κ3) is 4.63. The van der Waals surface area contributed by atoms with Gasteiger partial charge in [-0.1, -0.05) is 11.6 Å². The van der Waals surface area contributed by atoms with Crippen LogP contribution in [0.5, 0.6) is 0 Å². The summed E-state index contributed by atoms with van der Waals surface area (Å²) in [5.41, 5.74) is -0.506. The molecule has 1 aliphatic rings. The van der Waals surface area contributed by atoms with Gasteiger partial charge in [0.05, 0.1) is 18.4 Å². The number of halogens is 2. The quantitative estimate of drug-likeness (QED) is 0.625. The number of esters is 1. The highest BCUT2D eigenvalue weighted by Gasteiger charge is 2.39. The Bertz CT molecular complexity index is 524. The minimum Gasteiger partial charge on any atom is -0.465 e. The molecule has 1 rings (SSSR count). The Labute approximate surface area is 139 Å². The van der Waals surface area contributed by atoms with E-state index in [1.807, 2.05) is 0 Å². The van der Waals surface area contributed by atoms with Crippen molar-refractivity contribution in [3.8, 4) is 0 Å². The molecule has 0 aliphatic heterocycles. The van der Waals surface area contributed by atoms with Crippen molar-refractivity contribution >= 4 is 35.3 Å². The molecule has 0 radical (unpaired) electrons. The Morgan fingerprint density at radius 1 is 1.32 bits per heavy atom. The Morgan fingerprint density at radius 3 is 2.36 bits per heavy atom. The standard InChI is InChI=1S/C14H19Cl2NO5/c1-13(2,3)22-12(19)17-9-6-10(15)14(16,21-5)7-8(9)11(18)20-4/h6-7,10H,1-5H3,(H,17,19). The van der Waals surface area contributed by atoms with Crippen molar-refractivity contribution in [1.29, 1.82) is 0 Å². The van der Waals surface area contributed by atoms with Gasteiger partial charge in [-0.3, -0.25) is 5.32 Å². The second-order valence-electron chi connectivity index (χ2n) is 5.56. The molecule has 2 atom stereocenters. The van der Waals surface area contributed by atoms with Gasteiger partial charge in [0.1, 0.15) is 11.0 Å². The molecule has 1 N–H and O–H groups in total. The predicted molar refractivity (Wildman–Crippen MR) is 82.8 cm³/mol. The summed E-state index contributed by atoms with van der Waals surface area (Å²) in [6, 6.07) is 0. The van der Waals surface area contributed by atoms with Gasteiger partial charge >= 0.3 is 12.1 Å². The molecule has 0 spiro atoms. The largest absolute Gasteiger partial charge is 0.465 e. The van der Waals surface area contributed by atoms with Gasteiger partial charge in [0, 0.05) is 7.11 Å². The van der Waals surface area contributed by atoms with Crippen molar-refractivity contribution < 1.29 is 23.8 Å². The van der Waals surface area contributed by atoms with Gasteiger partial charge < -0.3 is 14.2 Å². The highest BCUT2D eigenvalue weighted by atomic mass is 35.5. The topological polar surface area (TPSA) is 73.9 Å². The number of ether oxygens (including phenoxy) is 3. The maximum Gasteiger partial charge on any atom is 0.412 e. The lowest BCUT2D eigenvalue weighted by molar-refractivity contribution is -0.136. The first kappa shape index (κ1) is 18.8. The summed E-state index contributed by atoms with van der Waals surface area (Å²) >= 11 is 12.3. The van der Waals surface area contributed by atoms with Gasteiger partial charge in [-0.2, -0.15) is 0 Å². The monoisotopic (exact) mass is 351 g/mol. The smallest absolute Gasteiger partial charge is 0.412 e. The lowest BCUT2D eigenvalue weighted by atomic mass is 10.00. The number of nitrogens with one attached hydrogen (secondary N) is 1. The molecular weight excluding hydrogens is 333 g/mol. The van der Waals surface area contributed by atoms with E-state index in [9.17, 15) is 9.59 Å². The molecule has 6 nitrogen and oxygen atoms in total. The number of amides is 1. The highest BCUT2D eigenvalue weighted by Crippen LogP contribution is 2.35. The molecule has 1 aliphatic carbocycles. The van der Waals surface area contributed by atoms with Gasteiger partial charge in [-0.15, -0.1) is 11.6 Å². The molecule has 22 heavy (non-hydrogen) atoms. The van der Waals surface area contributed by atoms with E-state index in [1.54, 1.807) is 20.8 Å². The molecule has 0 saturated heterocycles. The van der Waals surface area contributed by atoms with Crippen LogP contribution in [-0.2, 0) is 19.0 Å². The van der Waals surface area contributed by atoms with Crippen LogP contribution in [0.15, 0.2) is 23.4 Å². The molecule has 8 heteroatoms. The van der Waals surface area contributed by atoms with E-state index in [-0.39, 0.29) is 11.3 Å². The minimum absolute atomic E-state index is 0.0297. The normalized spacial score (nSPS) is 25.0. The summed E-state index contributed by atoms with van der Waals surface area (Å²) in [5, 5.41) is 0.245. The van der Waals surface area contributed by atoms with Crippen LogP contribution in [0.25, 0.3) is 0 Å². The second-order valence-corrected chi connectivity index (χ2v) is 6.62. The fraction of sp³-hybridized carbons (Fsp3) is 0.571. The molecule has 2 unspecified atom stereocenters. The number of hydrogen-bond donors (Lipinski definition) is 1. The summed E-state index contributed by atoms with van der Waals surface area (Å²) in [6.45, 7) is 5.16. The van der Waals surface area contributed by atoms with Gasteiger partial charge in [0.25, 0.3) is 0 Å². The molecule has 0 aromatic rings. The van der Waals surface area contributed by atoms with Crippen molar-refractivity contribution in [2.45, 2.75) is 36.8 Å². The third-order valence-corrected chi connectivity index (χ3v) is 3.73. The fourth-order valence-corrected chi connectivity index (χ4v) is 2.13. The first-order chi connectivity index (χ1) is 10.0. The molecule has 0 saturated carbocycles. The number of methoxy groups -OCH3 is 2. The van der Waals surface area contributed by atoms with Crippen LogP contribution in [0, 0.1) is 0 Å². The molecular formula is C14H19Cl2NO5. The second kappa shape index (κ2) is 6.89. The van der Waals surface area contributed by atoms with E-state index in [0.29, 0.717) is 0 Å². The number of carbonyl (C=O) groups excluding carboxylic acids is 2. The SMILES string of the molecule is COC(=O)C1=CC(Cl)(OC)C(Cl)C=C1NC(=O)OC(C)(C)C. The van der Waals surface area contributed by atoms with E-state index >= 15 is 0 Å². The number of carbonyl (C=O) groups is 2. The Kier molecular flexibility index (Phi) is 5.89. The zero-order chi connectivity index (χ0) is 17.1. The fourth-order valence-electron chi connectivity index (χ4n) is 1.68. The summed E-state index contributed by atoms with van der Waals surface area (Å²) in [5.74, 6) is -0.687. The van der Waals surface area contributed by atoms with E-state index in [4.69, 9.17) is 32.7 Å². The van der Waals surface area contributed by atoms with Crippen LogP contribution in [0.1, 0.15) is 20.8 Å². The maximum atomic E-state index is 11.9. The number of alkyl carbamates (subject to hydrolysis) is 1. The van der Waals surface area contributed by atoms with Crippen molar-refractivity contribution in [1.82, 2.24) is 5.32 Å². The molecule has 1 amide bonds. The van der Waals surface area contributed by atoms with E-state index in [2.05, 4.69) is 10.1 Å². The summed E-state index contributed by atoms with van der Waals surface area (Å²) < 4.78 is 14.9. The molecule has 0 heterocycles. The van der Waals surface area contributed by atoms with E-state index in [1.165, 1.54) is 26.4 Å². The Hall–Kier alpha value is -1.24. The van der Waals surface area contributed by atoms with Crippen LogP contribution >= 0.6 is 23.2 Å². The summed E-state index contributed by atoms with van der Waals surface area (Å²) in [7, 11) is 2.57.